The first-order valence-electron chi connectivity index (χ1n) is 7.89. The van der Waals surface area contributed by atoms with Crippen LogP contribution in [0, 0.1) is 5.92 Å². The van der Waals surface area contributed by atoms with Crippen molar-refractivity contribution in [2.45, 2.75) is 76.7 Å². The second kappa shape index (κ2) is 7.65. The maximum absolute atomic E-state index is 11.8. The van der Waals surface area contributed by atoms with Gasteiger partial charge < -0.3 is 10.6 Å². The second-order valence-corrected chi connectivity index (χ2v) is 6.05. The Labute approximate surface area is 111 Å². The summed E-state index contributed by atoms with van der Waals surface area (Å²) < 4.78 is 0. The van der Waals surface area contributed by atoms with Gasteiger partial charge in [0.2, 0.25) is 0 Å². The molecule has 2 aliphatic carbocycles. The maximum Gasteiger partial charge on any atom is 0.315 e. The molecule has 104 valence electrons. The van der Waals surface area contributed by atoms with E-state index in [9.17, 15) is 4.79 Å². The molecular weight excluding hydrogens is 224 g/mol. The van der Waals surface area contributed by atoms with Crippen molar-refractivity contribution in [3.8, 4) is 0 Å². The molecule has 0 radical (unpaired) electrons. The van der Waals surface area contributed by atoms with E-state index in [1.807, 2.05) is 0 Å². The standard InChI is InChI=1S/C15H28N2O/c18-15(16-12-13-8-4-3-5-9-13)17-14-10-6-1-2-7-11-14/h13-14H,1-12H2,(H2,16,17,18). The van der Waals surface area contributed by atoms with Gasteiger partial charge in [-0.1, -0.05) is 44.9 Å². The van der Waals surface area contributed by atoms with Crippen molar-refractivity contribution in [3.05, 3.63) is 0 Å². The molecule has 0 saturated heterocycles. The Morgan fingerprint density at radius 1 is 0.833 bits per heavy atom. The summed E-state index contributed by atoms with van der Waals surface area (Å²) in [5, 5.41) is 6.22. The Morgan fingerprint density at radius 3 is 2.06 bits per heavy atom. The Morgan fingerprint density at radius 2 is 1.39 bits per heavy atom. The number of urea groups is 1. The maximum atomic E-state index is 11.8. The molecule has 2 aliphatic rings. The third-order valence-corrected chi connectivity index (χ3v) is 4.47. The van der Waals surface area contributed by atoms with Crippen LogP contribution in [-0.2, 0) is 0 Å². The van der Waals surface area contributed by atoms with Crippen molar-refractivity contribution in [1.29, 1.82) is 0 Å². The molecule has 2 saturated carbocycles. The summed E-state index contributed by atoms with van der Waals surface area (Å²) in [6.45, 7) is 0.874. The number of rotatable bonds is 3. The minimum absolute atomic E-state index is 0.0625. The smallest absolute Gasteiger partial charge is 0.315 e. The number of amides is 2. The van der Waals surface area contributed by atoms with E-state index in [0.29, 0.717) is 6.04 Å². The highest BCUT2D eigenvalue weighted by Gasteiger charge is 2.17. The topological polar surface area (TPSA) is 41.1 Å². The molecule has 3 nitrogen and oxygen atoms in total. The van der Waals surface area contributed by atoms with Crippen LogP contribution in [-0.4, -0.2) is 18.6 Å². The van der Waals surface area contributed by atoms with Crippen molar-refractivity contribution >= 4 is 6.03 Å². The Kier molecular flexibility index (Phi) is 5.82. The molecule has 2 rings (SSSR count). The van der Waals surface area contributed by atoms with Gasteiger partial charge in [0.1, 0.15) is 0 Å². The van der Waals surface area contributed by atoms with Crippen molar-refractivity contribution in [3.63, 3.8) is 0 Å². The third kappa shape index (κ3) is 4.87. The van der Waals surface area contributed by atoms with Gasteiger partial charge in [-0.25, -0.2) is 4.79 Å². The van der Waals surface area contributed by atoms with Gasteiger partial charge in [-0.3, -0.25) is 0 Å². The highest BCUT2D eigenvalue weighted by atomic mass is 16.2. The summed E-state index contributed by atoms with van der Waals surface area (Å²) in [5.74, 6) is 0.721. The highest BCUT2D eigenvalue weighted by molar-refractivity contribution is 5.74. The first kappa shape index (κ1) is 13.7. The van der Waals surface area contributed by atoms with Gasteiger partial charge in [0.05, 0.1) is 0 Å². The fourth-order valence-electron chi connectivity index (χ4n) is 3.29. The van der Waals surface area contributed by atoms with Gasteiger partial charge in [-0.2, -0.15) is 0 Å². The van der Waals surface area contributed by atoms with Crippen LogP contribution in [0.1, 0.15) is 70.6 Å². The number of hydrogen-bond acceptors (Lipinski definition) is 1. The zero-order valence-electron chi connectivity index (χ0n) is 11.5. The molecule has 0 atom stereocenters. The van der Waals surface area contributed by atoms with Crippen LogP contribution in [0.4, 0.5) is 4.79 Å². The fourth-order valence-corrected chi connectivity index (χ4v) is 3.29. The van der Waals surface area contributed by atoms with Crippen molar-refractivity contribution in [1.82, 2.24) is 10.6 Å². The lowest BCUT2D eigenvalue weighted by Gasteiger charge is -2.23. The molecule has 0 aromatic rings. The molecular formula is C15H28N2O. The van der Waals surface area contributed by atoms with Gasteiger partial charge in [-0.15, -0.1) is 0 Å². The van der Waals surface area contributed by atoms with Crippen LogP contribution in [0.25, 0.3) is 0 Å². The number of hydrogen-bond donors (Lipinski definition) is 2. The Hall–Kier alpha value is -0.730. The number of carbonyl (C=O) groups is 1. The number of nitrogens with one attached hydrogen (secondary N) is 2. The van der Waals surface area contributed by atoms with Gasteiger partial charge >= 0.3 is 6.03 Å². The first-order chi connectivity index (χ1) is 8.84. The van der Waals surface area contributed by atoms with Crippen LogP contribution < -0.4 is 10.6 Å². The molecule has 0 aromatic carbocycles. The van der Waals surface area contributed by atoms with Crippen LogP contribution in [0.2, 0.25) is 0 Å². The normalized spacial score (nSPS) is 23.3. The summed E-state index contributed by atoms with van der Waals surface area (Å²) in [7, 11) is 0. The molecule has 3 heteroatoms. The summed E-state index contributed by atoms with van der Waals surface area (Å²) >= 11 is 0. The predicted octanol–water partition coefficient (Wildman–Crippen LogP) is 3.59. The van der Waals surface area contributed by atoms with E-state index in [1.165, 1.54) is 57.8 Å². The van der Waals surface area contributed by atoms with Crippen LogP contribution in [0.15, 0.2) is 0 Å². The molecule has 0 heterocycles. The Balaban J connectivity index is 1.61. The fraction of sp³-hybridized carbons (Fsp3) is 0.933. The first-order valence-corrected chi connectivity index (χ1v) is 7.89. The third-order valence-electron chi connectivity index (χ3n) is 4.47. The molecule has 0 aliphatic heterocycles. The van der Waals surface area contributed by atoms with Crippen molar-refractivity contribution < 1.29 is 4.79 Å². The van der Waals surface area contributed by atoms with Crippen molar-refractivity contribution in [2.75, 3.05) is 6.54 Å². The zero-order chi connectivity index (χ0) is 12.6. The van der Waals surface area contributed by atoms with E-state index in [2.05, 4.69) is 10.6 Å². The predicted molar refractivity (Wildman–Crippen MR) is 74.6 cm³/mol. The molecule has 0 bridgehead atoms. The molecule has 2 N–H and O–H groups in total. The van der Waals surface area contributed by atoms with Crippen LogP contribution >= 0.6 is 0 Å². The SMILES string of the molecule is O=C(NCC1CCCCC1)NC1CCCCCC1. The average molecular weight is 252 g/mol. The average Bonchev–Trinajstić information content (AvgIpc) is 2.66. The lowest BCUT2D eigenvalue weighted by molar-refractivity contribution is 0.231. The largest absolute Gasteiger partial charge is 0.338 e. The minimum atomic E-state index is 0.0625. The monoisotopic (exact) mass is 252 g/mol. The van der Waals surface area contributed by atoms with Crippen LogP contribution in [0.5, 0.6) is 0 Å². The van der Waals surface area contributed by atoms with E-state index < -0.39 is 0 Å². The molecule has 0 aromatic heterocycles. The molecule has 0 unspecified atom stereocenters. The van der Waals surface area contributed by atoms with E-state index in [-0.39, 0.29) is 6.03 Å². The van der Waals surface area contributed by atoms with Gasteiger partial charge in [0, 0.05) is 12.6 Å². The summed E-state index contributed by atoms with van der Waals surface area (Å²) in [6.07, 6.45) is 14.2. The van der Waals surface area contributed by atoms with E-state index in [4.69, 9.17) is 0 Å². The van der Waals surface area contributed by atoms with Gasteiger partial charge in [0.15, 0.2) is 0 Å². The number of carbonyl (C=O) groups excluding carboxylic acids is 1. The van der Waals surface area contributed by atoms with Crippen LogP contribution in [0.3, 0.4) is 0 Å². The van der Waals surface area contributed by atoms with E-state index in [1.54, 1.807) is 0 Å². The lowest BCUT2D eigenvalue weighted by atomic mass is 9.89. The summed E-state index contributed by atoms with van der Waals surface area (Å²) in [6, 6.07) is 0.478. The van der Waals surface area contributed by atoms with Gasteiger partial charge in [-0.05, 0) is 31.6 Å². The molecule has 2 fully saturated rings. The minimum Gasteiger partial charge on any atom is -0.338 e. The summed E-state index contributed by atoms with van der Waals surface area (Å²) in [4.78, 5) is 11.8. The molecule has 0 spiro atoms. The lowest BCUT2D eigenvalue weighted by Crippen LogP contribution is -2.43. The highest BCUT2D eigenvalue weighted by Crippen LogP contribution is 2.22. The van der Waals surface area contributed by atoms with E-state index >= 15 is 0 Å². The van der Waals surface area contributed by atoms with Gasteiger partial charge in [0.25, 0.3) is 0 Å². The van der Waals surface area contributed by atoms with E-state index in [0.717, 1.165) is 25.3 Å². The zero-order valence-corrected chi connectivity index (χ0v) is 11.5. The Bertz CT molecular complexity index is 241. The second-order valence-electron chi connectivity index (χ2n) is 6.05. The molecule has 18 heavy (non-hydrogen) atoms. The summed E-state index contributed by atoms with van der Waals surface area (Å²) in [5.41, 5.74) is 0. The molecule has 2 amide bonds. The quantitative estimate of drug-likeness (QED) is 0.740. The van der Waals surface area contributed by atoms with Crippen molar-refractivity contribution in [2.24, 2.45) is 5.92 Å².